The molecule has 0 heterocycles. The summed E-state index contributed by atoms with van der Waals surface area (Å²) in [5.41, 5.74) is 3.50. The largest absolute Gasteiger partial charge is 0.507 e. The normalized spacial score (nSPS) is 38.1. The van der Waals surface area contributed by atoms with E-state index in [1.165, 1.54) is 25.5 Å². The first kappa shape index (κ1) is 14.7. The van der Waals surface area contributed by atoms with Crippen molar-refractivity contribution >= 4 is 12.1 Å². The maximum absolute atomic E-state index is 12.8. The molecule has 122 valence electrons. The van der Waals surface area contributed by atoms with E-state index in [1.807, 2.05) is 6.07 Å². The van der Waals surface area contributed by atoms with E-state index in [4.69, 9.17) is 0 Å². The third-order valence-corrected chi connectivity index (χ3v) is 6.14. The molecule has 0 radical (unpaired) electrons. The van der Waals surface area contributed by atoms with E-state index < -0.39 is 0 Å². The summed E-state index contributed by atoms with van der Waals surface area (Å²) < 4.78 is 0. The third kappa shape index (κ3) is 2.54. The van der Waals surface area contributed by atoms with Gasteiger partial charge < -0.3 is 5.11 Å². The number of aromatic hydroxyl groups is 1. The van der Waals surface area contributed by atoms with Crippen LogP contribution in [0.2, 0.25) is 0 Å². The molecule has 2 unspecified atom stereocenters. The zero-order valence-corrected chi connectivity index (χ0v) is 13.6. The van der Waals surface area contributed by atoms with Crippen LogP contribution in [0.4, 0.5) is 0 Å². The van der Waals surface area contributed by atoms with Gasteiger partial charge in [0.2, 0.25) is 5.91 Å². The molecule has 4 aliphatic carbocycles. The van der Waals surface area contributed by atoms with Crippen molar-refractivity contribution in [3.63, 3.8) is 0 Å². The van der Waals surface area contributed by atoms with Crippen LogP contribution in [0, 0.1) is 22.7 Å². The number of nitrogens with zero attached hydrogens (tertiary/aromatic N) is 1. The lowest BCUT2D eigenvalue weighted by Gasteiger charge is -2.60. The van der Waals surface area contributed by atoms with Crippen LogP contribution >= 0.6 is 0 Å². The Balaban J connectivity index is 1.48. The Bertz CT molecular complexity index is 653. The Morgan fingerprint density at radius 1 is 1.26 bits per heavy atom. The zero-order valence-electron chi connectivity index (χ0n) is 13.6. The number of carbonyl (C=O) groups is 1. The minimum absolute atomic E-state index is 0.0736. The second-order valence-electron chi connectivity index (χ2n) is 8.31. The van der Waals surface area contributed by atoms with E-state index in [2.05, 4.69) is 17.5 Å². The van der Waals surface area contributed by atoms with Crippen LogP contribution < -0.4 is 5.43 Å². The van der Waals surface area contributed by atoms with Gasteiger partial charge >= 0.3 is 0 Å². The van der Waals surface area contributed by atoms with E-state index in [0.29, 0.717) is 22.8 Å². The molecule has 4 nitrogen and oxygen atoms in total. The quantitative estimate of drug-likeness (QED) is 0.663. The maximum atomic E-state index is 12.8. The minimum atomic E-state index is -0.213. The summed E-state index contributed by atoms with van der Waals surface area (Å²) in [7, 11) is 0. The molecule has 4 fully saturated rings. The maximum Gasteiger partial charge on any atom is 0.246 e. The number of hydrogen-bond acceptors (Lipinski definition) is 3. The van der Waals surface area contributed by atoms with Crippen molar-refractivity contribution < 1.29 is 9.90 Å². The molecule has 1 aromatic carbocycles. The summed E-state index contributed by atoms with van der Waals surface area (Å²) in [4.78, 5) is 12.8. The lowest BCUT2D eigenvalue weighted by molar-refractivity contribution is -0.155. The molecule has 4 aliphatic rings. The average molecular weight is 312 g/mol. The Morgan fingerprint density at radius 3 is 2.61 bits per heavy atom. The van der Waals surface area contributed by atoms with Gasteiger partial charge in [0.05, 0.1) is 11.6 Å². The van der Waals surface area contributed by atoms with E-state index in [1.54, 1.807) is 18.2 Å². The Kier molecular flexibility index (Phi) is 3.26. The van der Waals surface area contributed by atoms with Gasteiger partial charge in [0.1, 0.15) is 5.75 Å². The predicted octanol–water partition coefficient (Wildman–Crippen LogP) is 3.45. The molecule has 0 aromatic heterocycles. The molecule has 23 heavy (non-hydrogen) atoms. The molecule has 1 amide bonds. The number of para-hydroxylation sites is 1. The van der Waals surface area contributed by atoms with Crippen molar-refractivity contribution in [2.45, 2.75) is 45.4 Å². The molecule has 2 atom stereocenters. The molecule has 0 spiro atoms. The molecule has 0 saturated heterocycles. The molecule has 4 bridgehead atoms. The Labute approximate surface area is 137 Å². The van der Waals surface area contributed by atoms with E-state index in [-0.39, 0.29) is 17.1 Å². The van der Waals surface area contributed by atoms with Crippen molar-refractivity contribution in [2.75, 3.05) is 0 Å². The summed E-state index contributed by atoms with van der Waals surface area (Å²) in [5, 5.41) is 13.8. The number of amides is 1. The topological polar surface area (TPSA) is 61.7 Å². The first-order valence-electron chi connectivity index (χ1n) is 8.60. The van der Waals surface area contributed by atoms with Crippen molar-refractivity contribution in [1.82, 2.24) is 5.43 Å². The van der Waals surface area contributed by atoms with E-state index in [0.717, 1.165) is 19.3 Å². The monoisotopic (exact) mass is 312 g/mol. The summed E-state index contributed by atoms with van der Waals surface area (Å²) in [6.45, 7) is 2.36. The van der Waals surface area contributed by atoms with Gasteiger partial charge in [0.25, 0.3) is 0 Å². The van der Waals surface area contributed by atoms with Gasteiger partial charge in [-0.1, -0.05) is 19.1 Å². The highest BCUT2D eigenvalue weighted by atomic mass is 16.3. The molecule has 4 heteroatoms. The minimum Gasteiger partial charge on any atom is -0.507 e. The summed E-state index contributed by atoms with van der Waals surface area (Å²) in [6, 6.07) is 6.99. The van der Waals surface area contributed by atoms with Crippen LogP contribution in [-0.4, -0.2) is 17.2 Å². The lowest BCUT2D eigenvalue weighted by Crippen LogP contribution is -2.56. The van der Waals surface area contributed by atoms with E-state index in [9.17, 15) is 9.90 Å². The third-order valence-electron chi connectivity index (χ3n) is 6.14. The van der Waals surface area contributed by atoms with E-state index >= 15 is 0 Å². The lowest BCUT2D eigenvalue weighted by atomic mass is 9.44. The zero-order chi connectivity index (χ0) is 16.1. The molecule has 4 saturated carbocycles. The number of rotatable bonds is 3. The highest BCUT2D eigenvalue weighted by Gasteiger charge is 2.58. The predicted molar refractivity (Wildman–Crippen MR) is 89.1 cm³/mol. The summed E-state index contributed by atoms with van der Waals surface area (Å²) in [6.07, 6.45) is 8.47. The molecular formula is C19H24N2O2. The van der Waals surface area contributed by atoms with Gasteiger partial charge in [0.15, 0.2) is 0 Å². The van der Waals surface area contributed by atoms with Crippen molar-refractivity contribution in [2.24, 2.45) is 27.8 Å². The molecule has 0 aliphatic heterocycles. The highest BCUT2D eigenvalue weighted by molar-refractivity contribution is 5.87. The van der Waals surface area contributed by atoms with Crippen LogP contribution in [0.25, 0.3) is 0 Å². The molecule has 1 aromatic rings. The second-order valence-corrected chi connectivity index (χ2v) is 8.31. The number of benzene rings is 1. The highest BCUT2D eigenvalue weighted by Crippen LogP contribution is 2.65. The van der Waals surface area contributed by atoms with Gasteiger partial charge in [-0.2, -0.15) is 5.10 Å². The summed E-state index contributed by atoms with van der Waals surface area (Å²) >= 11 is 0. The van der Waals surface area contributed by atoms with Crippen LogP contribution in [0.1, 0.15) is 51.0 Å². The molecule has 5 rings (SSSR count). The Morgan fingerprint density at radius 2 is 1.96 bits per heavy atom. The van der Waals surface area contributed by atoms with Gasteiger partial charge in [-0.05, 0) is 67.9 Å². The van der Waals surface area contributed by atoms with Crippen LogP contribution in [0.5, 0.6) is 5.75 Å². The number of phenolic OH excluding ortho intramolecular Hbond substituents is 1. The van der Waals surface area contributed by atoms with Crippen molar-refractivity contribution in [3.05, 3.63) is 29.8 Å². The van der Waals surface area contributed by atoms with Gasteiger partial charge in [-0.3, -0.25) is 4.79 Å². The fourth-order valence-electron chi connectivity index (χ4n) is 5.86. The van der Waals surface area contributed by atoms with Crippen molar-refractivity contribution in [3.8, 4) is 5.75 Å². The molecular weight excluding hydrogens is 288 g/mol. The first-order valence-corrected chi connectivity index (χ1v) is 8.60. The fourth-order valence-corrected chi connectivity index (χ4v) is 5.86. The number of carbonyl (C=O) groups excluding carboxylic acids is 1. The van der Waals surface area contributed by atoms with Crippen molar-refractivity contribution in [1.29, 1.82) is 0 Å². The number of hydrazone groups is 1. The van der Waals surface area contributed by atoms with Crippen LogP contribution in [0.3, 0.4) is 0 Å². The van der Waals surface area contributed by atoms with Gasteiger partial charge in [-0.15, -0.1) is 0 Å². The van der Waals surface area contributed by atoms with Gasteiger partial charge in [0, 0.05) is 5.56 Å². The summed E-state index contributed by atoms with van der Waals surface area (Å²) in [5.74, 6) is 1.68. The smallest absolute Gasteiger partial charge is 0.246 e. The number of hydrogen-bond donors (Lipinski definition) is 2. The second kappa shape index (κ2) is 5.08. The van der Waals surface area contributed by atoms with Crippen LogP contribution in [0.15, 0.2) is 29.4 Å². The Hall–Kier alpha value is -1.84. The number of nitrogens with one attached hydrogen (secondary N) is 1. The standard InChI is InChI=1S/C19H24N2O2/c1-18-7-13-6-14(8-18)10-19(9-13,12-18)17(23)21-20-11-15-4-2-3-5-16(15)22/h2-5,11,13-14,22H,6-10,12H2,1H3,(H,21,23)/b20-11+. The average Bonchev–Trinajstić information content (AvgIpc) is 2.46. The number of phenols is 1. The fraction of sp³-hybridized carbons (Fsp3) is 0.579. The van der Waals surface area contributed by atoms with Gasteiger partial charge in [-0.25, -0.2) is 5.43 Å². The molecule has 2 N–H and O–H groups in total. The first-order chi connectivity index (χ1) is 11.0. The van der Waals surface area contributed by atoms with Crippen LogP contribution in [-0.2, 0) is 4.79 Å². The SMILES string of the molecule is CC12CC3CC(C1)CC(C(=O)N/N=C/c1ccccc1O)(C3)C2.